The molecular formula is C27H32Cl2F3N3O3S. The van der Waals surface area contributed by atoms with Gasteiger partial charge in [0.1, 0.15) is 10.9 Å². The van der Waals surface area contributed by atoms with Gasteiger partial charge in [-0.25, -0.2) is 8.42 Å². The molecule has 39 heavy (non-hydrogen) atoms. The Hall–Kier alpha value is -1.85. The van der Waals surface area contributed by atoms with Gasteiger partial charge in [0.2, 0.25) is 15.9 Å². The number of aryl methyl sites for hydroxylation is 1. The van der Waals surface area contributed by atoms with Gasteiger partial charge in [-0.15, -0.1) is 0 Å². The summed E-state index contributed by atoms with van der Waals surface area (Å²) in [7, 11) is -3.92. The maximum atomic E-state index is 14.1. The van der Waals surface area contributed by atoms with Crippen LogP contribution < -0.4 is 5.32 Å². The molecule has 1 aliphatic heterocycles. The Morgan fingerprint density at radius 2 is 1.85 bits per heavy atom. The Labute approximate surface area is 237 Å². The summed E-state index contributed by atoms with van der Waals surface area (Å²) in [6.07, 6.45) is -0.229. The maximum Gasteiger partial charge on any atom is 0.405 e. The van der Waals surface area contributed by atoms with Gasteiger partial charge in [-0.2, -0.15) is 17.5 Å². The number of halogens is 5. The van der Waals surface area contributed by atoms with Gasteiger partial charge < -0.3 is 5.32 Å². The highest BCUT2D eigenvalue weighted by Crippen LogP contribution is 2.36. The number of benzene rings is 2. The topological polar surface area (TPSA) is 69.7 Å². The van der Waals surface area contributed by atoms with Crippen LogP contribution in [-0.4, -0.2) is 55.9 Å². The second kappa shape index (κ2) is 12.3. The van der Waals surface area contributed by atoms with Gasteiger partial charge in [0.05, 0.1) is 22.5 Å². The van der Waals surface area contributed by atoms with Crippen LogP contribution in [0.4, 0.5) is 13.2 Å². The van der Waals surface area contributed by atoms with Crippen LogP contribution in [0.25, 0.3) is 0 Å². The van der Waals surface area contributed by atoms with Crippen molar-refractivity contribution in [3.63, 3.8) is 0 Å². The van der Waals surface area contributed by atoms with Crippen molar-refractivity contribution in [1.29, 1.82) is 0 Å². The summed E-state index contributed by atoms with van der Waals surface area (Å²) in [5, 5.41) is 2.24. The van der Waals surface area contributed by atoms with Crippen LogP contribution in [0.1, 0.15) is 61.3 Å². The summed E-state index contributed by atoms with van der Waals surface area (Å²) < 4.78 is 68.4. The Bertz CT molecular complexity index is 1300. The van der Waals surface area contributed by atoms with E-state index in [0.717, 1.165) is 56.7 Å². The number of hydrogen-bond acceptors (Lipinski definition) is 4. The summed E-state index contributed by atoms with van der Waals surface area (Å²) in [6.45, 7) is 3.00. The van der Waals surface area contributed by atoms with Gasteiger partial charge >= 0.3 is 6.18 Å². The largest absolute Gasteiger partial charge is 0.405 e. The number of nitrogens with one attached hydrogen (secondary N) is 1. The number of alkyl halides is 3. The van der Waals surface area contributed by atoms with E-state index in [0.29, 0.717) is 6.42 Å². The second-order valence-electron chi connectivity index (χ2n) is 10.2. The Kier molecular flexibility index (Phi) is 9.53. The third kappa shape index (κ3) is 7.08. The molecule has 1 amide bonds. The summed E-state index contributed by atoms with van der Waals surface area (Å²) in [5.41, 5.74) is 3.17. The first-order valence-corrected chi connectivity index (χ1v) is 15.2. The zero-order chi connectivity index (χ0) is 28.4. The monoisotopic (exact) mass is 605 g/mol. The minimum atomic E-state index is -5.00. The van der Waals surface area contributed by atoms with Gasteiger partial charge in [-0.1, -0.05) is 53.9 Å². The van der Waals surface area contributed by atoms with Gasteiger partial charge in [0.15, 0.2) is 0 Å². The van der Waals surface area contributed by atoms with Crippen LogP contribution in [0.2, 0.25) is 10.0 Å². The molecule has 2 aliphatic rings. The molecular weight excluding hydrogens is 574 g/mol. The van der Waals surface area contributed by atoms with E-state index in [1.807, 2.05) is 12.1 Å². The molecule has 12 heteroatoms. The molecule has 0 aromatic heterocycles. The summed E-state index contributed by atoms with van der Waals surface area (Å²) in [6, 6.07) is 6.76. The molecule has 1 fully saturated rings. The SMILES string of the molecule is CN([C@@H](CC(=O)N[C@@H]1CCCc2cc(CN3CCCCC3)ccc21)C(F)(F)F)S(=O)(=O)c1cccc(Cl)c1Cl. The molecule has 2 atom stereocenters. The van der Waals surface area contributed by atoms with E-state index in [2.05, 4.69) is 16.3 Å². The number of amides is 1. The van der Waals surface area contributed by atoms with Crippen molar-refractivity contribution in [2.75, 3.05) is 20.1 Å². The van der Waals surface area contributed by atoms with Crippen molar-refractivity contribution in [1.82, 2.24) is 14.5 Å². The fraction of sp³-hybridized carbons (Fsp3) is 0.519. The zero-order valence-corrected chi connectivity index (χ0v) is 23.9. The van der Waals surface area contributed by atoms with Crippen molar-refractivity contribution in [3.8, 4) is 0 Å². The lowest BCUT2D eigenvalue weighted by Gasteiger charge is -2.31. The number of nitrogens with zero attached hydrogens (tertiary/aromatic N) is 2. The van der Waals surface area contributed by atoms with Gasteiger partial charge in [0.25, 0.3) is 0 Å². The average molecular weight is 607 g/mol. The maximum absolute atomic E-state index is 14.1. The van der Waals surface area contributed by atoms with E-state index in [1.165, 1.54) is 37.0 Å². The fourth-order valence-electron chi connectivity index (χ4n) is 5.38. The minimum absolute atomic E-state index is 0.109. The molecule has 1 N–H and O–H groups in total. The number of rotatable bonds is 8. The number of carbonyl (C=O) groups excluding carboxylic acids is 1. The summed E-state index contributed by atoms with van der Waals surface area (Å²) in [5.74, 6) is -0.883. The van der Waals surface area contributed by atoms with Crippen molar-refractivity contribution in [2.45, 2.75) is 74.6 Å². The van der Waals surface area contributed by atoms with E-state index in [-0.39, 0.29) is 14.4 Å². The van der Waals surface area contributed by atoms with Crippen LogP contribution >= 0.6 is 23.2 Å². The highest BCUT2D eigenvalue weighted by molar-refractivity contribution is 7.89. The fourth-order valence-corrected chi connectivity index (χ4v) is 7.45. The van der Waals surface area contributed by atoms with Crippen LogP contribution in [-0.2, 0) is 27.8 Å². The van der Waals surface area contributed by atoms with Crippen molar-refractivity contribution in [2.24, 2.45) is 0 Å². The third-order valence-electron chi connectivity index (χ3n) is 7.48. The minimum Gasteiger partial charge on any atom is -0.349 e. The van der Waals surface area contributed by atoms with E-state index in [9.17, 15) is 26.4 Å². The number of piperidine rings is 1. The first-order chi connectivity index (χ1) is 18.4. The predicted molar refractivity (Wildman–Crippen MR) is 145 cm³/mol. The second-order valence-corrected chi connectivity index (χ2v) is 13.0. The molecule has 0 radical (unpaired) electrons. The molecule has 0 saturated carbocycles. The molecule has 0 unspecified atom stereocenters. The third-order valence-corrected chi connectivity index (χ3v) is 10.3. The van der Waals surface area contributed by atoms with Gasteiger partial charge in [-0.05, 0) is 74.0 Å². The molecule has 2 aromatic rings. The van der Waals surface area contributed by atoms with Gasteiger partial charge in [0, 0.05) is 13.6 Å². The number of carbonyl (C=O) groups is 1. The standard InChI is InChI=1S/C27H32Cl2F3N3O3S/c1-34(39(37,38)23-10-6-8-21(28)26(23)29)24(27(30,31)32)16-25(36)33-22-9-5-7-19-15-18(11-12-20(19)22)17-35-13-3-2-4-14-35/h6,8,10-12,15,22,24H,2-5,7,9,13-14,16-17H2,1H3,(H,33,36)/t22-,24+/m1/s1. The molecule has 1 heterocycles. The Balaban J connectivity index is 1.48. The van der Waals surface area contributed by atoms with Crippen LogP contribution in [0.3, 0.4) is 0 Å². The van der Waals surface area contributed by atoms with Crippen molar-refractivity contribution in [3.05, 3.63) is 63.1 Å². The first kappa shape index (κ1) is 30.1. The van der Waals surface area contributed by atoms with E-state index >= 15 is 0 Å². The highest BCUT2D eigenvalue weighted by Gasteiger charge is 2.48. The van der Waals surface area contributed by atoms with Crippen LogP contribution in [0, 0.1) is 0 Å². The lowest BCUT2D eigenvalue weighted by atomic mass is 9.86. The van der Waals surface area contributed by atoms with E-state index in [4.69, 9.17) is 23.2 Å². The van der Waals surface area contributed by atoms with Crippen molar-refractivity contribution < 1.29 is 26.4 Å². The van der Waals surface area contributed by atoms with E-state index in [1.54, 1.807) is 0 Å². The number of likely N-dealkylation sites (tertiary alicyclic amines) is 1. The predicted octanol–water partition coefficient (Wildman–Crippen LogP) is 6.11. The molecule has 0 bridgehead atoms. The summed E-state index contributed by atoms with van der Waals surface area (Å²) >= 11 is 11.9. The molecule has 2 aromatic carbocycles. The molecule has 6 nitrogen and oxygen atoms in total. The summed E-state index contributed by atoms with van der Waals surface area (Å²) in [4.78, 5) is 14.8. The quantitative estimate of drug-likeness (QED) is 0.394. The number of hydrogen-bond donors (Lipinski definition) is 1. The molecule has 214 valence electrons. The number of fused-ring (bicyclic) bond motifs is 1. The molecule has 0 spiro atoms. The highest BCUT2D eigenvalue weighted by atomic mass is 35.5. The van der Waals surface area contributed by atoms with Crippen molar-refractivity contribution >= 4 is 39.1 Å². The van der Waals surface area contributed by atoms with Gasteiger partial charge in [-0.3, -0.25) is 9.69 Å². The lowest BCUT2D eigenvalue weighted by molar-refractivity contribution is -0.173. The first-order valence-electron chi connectivity index (χ1n) is 13.0. The normalized spacial score (nSPS) is 19.5. The zero-order valence-electron chi connectivity index (χ0n) is 21.6. The molecule has 4 rings (SSSR count). The molecule has 1 aliphatic carbocycles. The average Bonchev–Trinajstić information content (AvgIpc) is 2.88. The number of sulfonamides is 1. The smallest absolute Gasteiger partial charge is 0.349 e. The molecule has 1 saturated heterocycles. The van der Waals surface area contributed by atoms with Crippen LogP contribution in [0.15, 0.2) is 41.3 Å². The Morgan fingerprint density at radius 3 is 2.54 bits per heavy atom. The van der Waals surface area contributed by atoms with E-state index < -0.39 is 45.5 Å². The van der Waals surface area contributed by atoms with Crippen LogP contribution in [0.5, 0.6) is 0 Å². The Morgan fingerprint density at radius 1 is 1.13 bits per heavy atom. The lowest BCUT2D eigenvalue weighted by Crippen LogP contribution is -2.49.